The molecule has 2 nitrogen and oxygen atoms in total. The molecule has 102 valence electrons. The van der Waals surface area contributed by atoms with E-state index >= 15 is 0 Å². The lowest BCUT2D eigenvalue weighted by molar-refractivity contribution is -0.111. The zero-order valence-corrected chi connectivity index (χ0v) is 12.2. The van der Waals surface area contributed by atoms with Gasteiger partial charge < -0.3 is 5.32 Å². The van der Waals surface area contributed by atoms with E-state index in [0.717, 1.165) is 25.2 Å². The summed E-state index contributed by atoms with van der Waals surface area (Å²) in [4.78, 5) is 10.6. The van der Waals surface area contributed by atoms with Gasteiger partial charge in [-0.3, -0.25) is 4.79 Å². The van der Waals surface area contributed by atoms with E-state index in [0.29, 0.717) is 5.92 Å². The predicted octanol–water partition coefficient (Wildman–Crippen LogP) is 3.84. The quantitative estimate of drug-likeness (QED) is 0.582. The molecule has 0 aromatic rings. The van der Waals surface area contributed by atoms with Crippen molar-refractivity contribution in [1.82, 2.24) is 5.32 Å². The molecule has 0 heterocycles. The molecule has 1 rings (SSSR count). The molecule has 1 amide bonds. The Balaban J connectivity index is 2.45. The molecule has 0 radical (unpaired) electrons. The van der Waals surface area contributed by atoms with Crippen LogP contribution < -0.4 is 5.32 Å². The molecule has 0 bridgehead atoms. The third-order valence-electron chi connectivity index (χ3n) is 4.13. The van der Waals surface area contributed by atoms with Crippen LogP contribution in [0.4, 0.5) is 0 Å². The SMILES string of the molecule is CC(C)=C/C=C/C(C)C1CCC(C)(NC=O)CC1. The van der Waals surface area contributed by atoms with Crippen LogP contribution in [0.3, 0.4) is 0 Å². The highest BCUT2D eigenvalue weighted by Crippen LogP contribution is 2.35. The Morgan fingerprint density at radius 2 is 1.94 bits per heavy atom. The number of carbonyl (C=O) groups is 1. The molecule has 0 saturated heterocycles. The van der Waals surface area contributed by atoms with Crippen molar-refractivity contribution in [2.45, 2.75) is 58.9 Å². The summed E-state index contributed by atoms with van der Waals surface area (Å²) in [7, 11) is 0. The zero-order chi connectivity index (χ0) is 13.6. The molecule has 1 unspecified atom stereocenters. The van der Waals surface area contributed by atoms with Gasteiger partial charge in [0.15, 0.2) is 0 Å². The highest BCUT2D eigenvalue weighted by molar-refractivity contribution is 5.47. The summed E-state index contributed by atoms with van der Waals surface area (Å²) in [5.41, 5.74) is 1.37. The van der Waals surface area contributed by atoms with Crippen LogP contribution in [0.5, 0.6) is 0 Å². The van der Waals surface area contributed by atoms with Crippen LogP contribution in [0.2, 0.25) is 0 Å². The summed E-state index contributed by atoms with van der Waals surface area (Å²) in [5, 5.41) is 2.97. The number of hydrogen-bond acceptors (Lipinski definition) is 1. The van der Waals surface area contributed by atoms with E-state index in [4.69, 9.17) is 0 Å². The smallest absolute Gasteiger partial charge is 0.207 e. The van der Waals surface area contributed by atoms with Gasteiger partial charge in [0, 0.05) is 5.54 Å². The van der Waals surface area contributed by atoms with Crippen molar-refractivity contribution in [3.05, 3.63) is 23.8 Å². The Bertz CT molecular complexity index is 318. The third kappa shape index (κ3) is 4.67. The molecule has 1 aliphatic rings. The summed E-state index contributed by atoms with van der Waals surface area (Å²) in [6.45, 7) is 8.69. The van der Waals surface area contributed by atoms with Crippen molar-refractivity contribution >= 4 is 6.41 Å². The number of amides is 1. The van der Waals surface area contributed by atoms with Crippen molar-refractivity contribution in [2.75, 3.05) is 0 Å². The van der Waals surface area contributed by atoms with Crippen molar-refractivity contribution < 1.29 is 4.79 Å². The molecule has 1 N–H and O–H groups in total. The topological polar surface area (TPSA) is 29.1 Å². The molecule has 1 atom stereocenters. The maximum Gasteiger partial charge on any atom is 0.207 e. The van der Waals surface area contributed by atoms with E-state index in [1.54, 1.807) is 0 Å². The molecule has 2 heteroatoms. The Kier molecular flexibility index (Phi) is 5.64. The first-order valence-corrected chi connectivity index (χ1v) is 7.00. The standard InChI is InChI=1S/C16H27NO/c1-13(2)6-5-7-14(3)15-8-10-16(4,11-9-15)17-12-18/h5-7,12,14-15H,8-11H2,1-4H3,(H,17,18)/b7-5+. The van der Waals surface area contributed by atoms with Crippen LogP contribution >= 0.6 is 0 Å². The summed E-state index contributed by atoms with van der Waals surface area (Å²) in [6.07, 6.45) is 12.1. The number of carbonyl (C=O) groups excluding carboxylic acids is 1. The van der Waals surface area contributed by atoms with Crippen molar-refractivity contribution in [1.29, 1.82) is 0 Å². The highest BCUT2D eigenvalue weighted by atomic mass is 16.1. The Labute approximate surface area is 112 Å². The van der Waals surface area contributed by atoms with Crippen molar-refractivity contribution in [3.63, 3.8) is 0 Å². The second kappa shape index (κ2) is 6.77. The van der Waals surface area contributed by atoms with Gasteiger partial charge in [0.1, 0.15) is 0 Å². The third-order valence-corrected chi connectivity index (χ3v) is 4.13. The van der Waals surface area contributed by atoms with Crippen LogP contribution in [0, 0.1) is 11.8 Å². The van der Waals surface area contributed by atoms with Gasteiger partial charge in [0.25, 0.3) is 0 Å². The minimum Gasteiger partial charge on any atom is -0.354 e. The summed E-state index contributed by atoms with van der Waals surface area (Å²) in [6, 6.07) is 0. The lowest BCUT2D eigenvalue weighted by Gasteiger charge is -2.38. The van der Waals surface area contributed by atoms with Crippen molar-refractivity contribution in [3.8, 4) is 0 Å². The van der Waals surface area contributed by atoms with Gasteiger partial charge >= 0.3 is 0 Å². The van der Waals surface area contributed by atoms with E-state index in [9.17, 15) is 4.79 Å². The molecule has 0 spiro atoms. The lowest BCUT2D eigenvalue weighted by atomic mass is 9.73. The average Bonchev–Trinajstić information content (AvgIpc) is 2.29. The maximum atomic E-state index is 10.6. The van der Waals surface area contributed by atoms with E-state index in [2.05, 4.69) is 51.2 Å². The number of hydrogen-bond donors (Lipinski definition) is 1. The van der Waals surface area contributed by atoms with E-state index in [-0.39, 0.29) is 5.54 Å². The zero-order valence-electron chi connectivity index (χ0n) is 12.2. The Morgan fingerprint density at radius 1 is 1.33 bits per heavy atom. The van der Waals surface area contributed by atoms with Gasteiger partial charge in [-0.15, -0.1) is 0 Å². The normalized spacial score (nSPS) is 29.9. The maximum absolute atomic E-state index is 10.6. The van der Waals surface area contributed by atoms with Crippen LogP contribution in [-0.4, -0.2) is 11.9 Å². The monoisotopic (exact) mass is 249 g/mol. The number of nitrogens with one attached hydrogen (secondary N) is 1. The fourth-order valence-corrected chi connectivity index (χ4v) is 2.67. The number of allylic oxidation sites excluding steroid dienone is 4. The summed E-state index contributed by atoms with van der Waals surface area (Å²) in [5.74, 6) is 1.38. The molecule has 0 aliphatic heterocycles. The lowest BCUT2D eigenvalue weighted by Crippen LogP contribution is -2.45. The number of rotatable bonds is 5. The largest absolute Gasteiger partial charge is 0.354 e. The fraction of sp³-hybridized carbons (Fsp3) is 0.688. The second-order valence-electron chi connectivity index (χ2n) is 6.15. The minimum absolute atomic E-state index is 0.0294. The molecule has 1 aliphatic carbocycles. The minimum atomic E-state index is 0.0294. The Hall–Kier alpha value is -1.05. The molecule has 18 heavy (non-hydrogen) atoms. The first-order chi connectivity index (χ1) is 8.47. The first kappa shape index (κ1) is 15.0. The average molecular weight is 249 g/mol. The summed E-state index contributed by atoms with van der Waals surface area (Å²) >= 11 is 0. The van der Waals surface area contributed by atoms with Crippen LogP contribution in [0.15, 0.2) is 23.8 Å². The van der Waals surface area contributed by atoms with Crippen LogP contribution in [-0.2, 0) is 4.79 Å². The van der Waals surface area contributed by atoms with Crippen LogP contribution in [0.1, 0.15) is 53.4 Å². The van der Waals surface area contributed by atoms with Gasteiger partial charge in [0.05, 0.1) is 0 Å². The van der Waals surface area contributed by atoms with Crippen LogP contribution in [0.25, 0.3) is 0 Å². The predicted molar refractivity (Wildman–Crippen MR) is 77.3 cm³/mol. The molecular formula is C16H27NO. The van der Waals surface area contributed by atoms with Gasteiger partial charge in [-0.05, 0) is 58.3 Å². The summed E-state index contributed by atoms with van der Waals surface area (Å²) < 4.78 is 0. The first-order valence-electron chi connectivity index (χ1n) is 7.00. The van der Waals surface area contributed by atoms with Gasteiger partial charge in [0.2, 0.25) is 6.41 Å². The van der Waals surface area contributed by atoms with Gasteiger partial charge in [-0.2, -0.15) is 0 Å². The molecule has 0 aromatic heterocycles. The van der Waals surface area contributed by atoms with Gasteiger partial charge in [-0.25, -0.2) is 0 Å². The highest BCUT2D eigenvalue weighted by Gasteiger charge is 2.31. The molecular weight excluding hydrogens is 222 g/mol. The Morgan fingerprint density at radius 3 is 2.44 bits per heavy atom. The van der Waals surface area contributed by atoms with E-state index < -0.39 is 0 Å². The van der Waals surface area contributed by atoms with E-state index in [1.807, 2.05) is 0 Å². The molecule has 1 saturated carbocycles. The van der Waals surface area contributed by atoms with Crippen molar-refractivity contribution in [2.24, 2.45) is 11.8 Å². The molecule has 1 fully saturated rings. The fourth-order valence-electron chi connectivity index (χ4n) is 2.67. The molecule has 0 aromatic carbocycles. The van der Waals surface area contributed by atoms with Gasteiger partial charge in [-0.1, -0.05) is 30.7 Å². The van der Waals surface area contributed by atoms with E-state index in [1.165, 1.54) is 18.4 Å². The second-order valence-corrected chi connectivity index (χ2v) is 6.15.